The Kier molecular flexibility index (Phi) is 5.25. The summed E-state index contributed by atoms with van der Waals surface area (Å²) in [6, 6.07) is 0. The maximum Gasteiger partial charge on any atom is 0.435 e. The van der Waals surface area contributed by atoms with E-state index in [0.717, 1.165) is 0 Å². The molecule has 0 fully saturated rings. The van der Waals surface area contributed by atoms with Crippen molar-refractivity contribution in [3.8, 4) is 0 Å². The van der Waals surface area contributed by atoms with Crippen molar-refractivity contribution in [3.05, 3.63) is 11.1 Å². The van der Waals surface area contributed by atoms with Crippen molar-refractivity contribution in [3.63, 3.8) is 0 Å². The second-order valence-electron chi connectivity index (χ2n) is 3.90. The molecule has 0 aromatic rings. The molecule has 0 heterocycles. The summed E-state index contributed by atoms with van der Waals surface area (Å²) in [5.41, 5.74) is -18.8. The molecule has 0 aromatic heterocycles. The molecule has 0 nitrogen and oxygen atoms in total. The van der Waals surface area contributed by atoms with E-state index < -0.39 is 47.7 Å². The van der Waals surface area contributed by atoms with E-state index in [9.17, 15) is 70.2 Å². The van der Waals surface area contributed by atoms with Crippen LogP contribution in [-0.4, -0.2) is 36.6 Å². The second kappa shape index (κ2) is 5.57. The highest BCUT2D eigenvalue weighted by atomic mass is 19.4. The lowest BCUT2D eigenvalue weighted by Crippen LogP contribution is -2.59. The van der Waals surface area contributed by atoms with Gasteiger partial charge in [-0.1, -0.05) is 0 Å². The van der Waals surface area contributed by atoms with Gasteiger partial charge in [0, 0.05) is 0 Å². The van der Waals surface area contributed by atoms with Gasteiger partial charge >= 0.3 is 36.6 Å². The molecule has 0 rings (SSSR count). The van der Waals surface area contributed by atoms with Gasteiger partial charge in [0.2, 0.25) is 0 Å². The van der Waals surface area contributed by atoms with Crippen molar-refractivity contribution in [1.82, 2.24) is 0 Å². The van der Waals surface area contributed by atoms with E-state index in [-0.39, 0.29) is 0 Å². The lowest BCUT2D eigenvalue weighted by atomic mass is 9.88. The summed E-state index contributed by atoms with van der Waals surface area (Å²) in [6.45, 7) is 0. The van der Waals surface area contributed by atoms with Crippen molar-refractivity contribution < 1.29 is 70.2 Å². The van der Waals surface area contributed by atoms with Gasteiger partial charge in [0.15, 0.2) is 0 Å². The van der Waals surface area contributed by atoms with Crippen molar-refractivity contribution >= 4 is 0 Å². The first-order valence-corrected chi connectivity index (χ1v) is 4.77. The molecule has 0 aliphatic carbocycles. The maximum absolute atomic E-state index is 13.2. The minimum absolute atomic E-state index is 5.31. The molecule has 16 heteroatoms. The SMILES string of the molecule is FC(F)(F)C(=C(C(F)(F)F)C(F)(C(F)(F)F)C(F)(F)F)C(F)(F)F. The Bertz CT molecular complexity index is 457. The summed E-state index contributed by atoms with van der Waals surface area (Å²) in [4.78, 5) is 0. The zero-order valence-corrected chi connectivity index (χ0v) is 10.0. The lowest BCUT2D eigenvalue weighted by Gasteiger charge is -2.35. The van der Waals surface area contributed by atoms with E-state index in [1.165, 1.54) is 0 Å². The van der Waals surface area contributed by atoms with Gasteiger partial charge < -0.3 is 0 Å². The summed E-state index contributed by atoms with van der Waals surface area (Å²) in [5.74, 6) is 0. The Morgan fingerprint density at radius 2 is 0.542 bits per heavy atom. The maximum atomic E-state index is 13.2. The number of halogens is 16. The fraction of sp³-hybridized carbons (Fsp3) is 0.750. The first kappa shape index (κ1) is 22.6. The average molecular weight is 400 g/mol. The third-order valence-corrected chi connectivity index (χ3v) is 2.23. The van der Waals surface area contributed by atoms with Gasteiger partial charge in [-0.3, -0.25) is 0 Å². The molecule has 0 saturated heterocycles. The van der Waals surface area contributed by atoms with Crippen LogP contribution >= 0.6 is 0 Å². The molecule has 0 atom stereocenters. The predicted octanol–water partition coefficient (Wildman–Crippen LogP) is 5.80. The summed E-state index contributed by atoms with van der Waals surface area (Å²) in [5, 5.41) is 0. The van der Waals surface area contributed by atoms with Crippen LogP contribution in [0.25, 0.3) is 0 Å². The highest BCUT2D eigenvalue weighted by Crippen LogP contribution is 2.58. The smallest absolute Gasteiger partial charge is 0.218 e. The van der Waals surface area contributed by atoms with Crippen LogP contribution in [0.4, 0.5) is 70.2 Å². The van der Waals surface area contributed by atoms with Gasteiger partial charge in [-0.05, 0) is 0 Å². The van der Waals surface area contributed by atoms with E-state index >= 15 is 0 Å². The van der Waals surface area contributed by atoms with Crippen molar-refractivity contribution in [2.24, 2.45) is 0 Å². The van der Waals surface area contributed by atoms with Crippen LogP contribution in [0.5, 0.6) is 0 Å². The topological polar surface area (TPSA) is 0 Å². The fourth-order valence-electron chi connectivity index (χ4n) is 1.40. The molecule has 0 aliphatic heterocycles. The highest BCUT2D eigenvalue weighted by Gasteiger charge is 2.81. The van der Waals surface area contributed by atoms with Crippen LogP contribution in [0.2, 0.25) is 0 Å². The van der Waals surface area contributed by atoms with E-state index in [0.29, 0.717) is 0 Å². The Balaban J connectivity index is 7.47. The van der Waals surface area contributed by atoms with E-state index in [4.69, 9.17) is 0 Å². The molecule has 0 saturated carbocycles. The van der Waals surface area contributed by atoms with Crippen molar-refractivity contribution in [2.45, 2.75) is 36.6 Å². The molecule has 0 amide bonds. The third-order valence-electron chi connectivity index (χ3n) is 2.23. The molecule has 0 unspecified atom stereocenters. The van der Waals surface area contributed by atoms with Crippen LogP contribution in [-0.2, 0) is 0 Å². The number of rotatable bonds is 1. The zero-order chi connectivity index (χ0) is 20.2. The van der Waals surface area contributed by atoms with Crippen LogP contribution in [0.1, 0.15) is 0 Å². The van der Waals surface area contributed by atoms with Gasteiger partial charge in [-0.15, -0.1) is 0 Å². The van der Waals surface area contributed by atoms with E-state index in [1.54, 1.807) is 0 Å². The fourth-order valence-corrected chi connectivity index (χ4v) is 1.40. The lowest BCUT2D eigenvalue weighted by molar-refractivity contribution is -0.339. The van der Waals surface area contributed by atoms with Crippen LogP contribution in [0.15, 0.2) is 11.1 Å². The van der Waals surface area contributed by atoms with Gasteiger partial charge in [0.05, 0.1) is 0 Å². The molecule has 24 heavy (non-hydrogen) atoms. The average Bonchev–Trinajstić information content (AvgIpc) is 2.15. The molecular weight excluding hydrogens is 400 g/mol. The standard InChI is InChI=1S/C8F16/c9-3(7(19,20)21,8(22,23)24)1(4(10,11)12)2(5(13,14)15)6(16,17)18. The van der Waals surface area contributed by atoms with E-state index in [1.807, 2.05) is 0 Å². The molecule has 0 radical (unpaired) electrons. The highest BCUT2D eigenvalue weighted by molar-refractivity contribution is 5.38. The van der Waals surface area contributed by atoms with Crippen molar-refractivity contribution in [1.29, 1.82) is 0 Å². The predicted molar refractivity (Wildman–Crippen MR) is 41.1 cm³/mol. The Labute approximate surface area is 119 Å². The van der Waals surface area contributed by atoms with Crippen LogP contribution < -0.4 is 0 Å². The van der Waals surface area contributed by atoms with E-state index in [2.05, 4.69) is 0 Å². The molecule has 0 bridgehead atoms. The van der Waals surface area contributed by atoms with Gasteiger partial charge in [0.25, 0.3) is 0 Å². The summed E-state index contributed by atoms with van der Waals surface area (Å²) < 4.78 is 196. The van der Waals surface area contributed by atoms with Gasteiger partial charge in [0.1, 0.15) is 11.1 Å². The summed E-state index contributed by atoms with van der Waals surface area (Å²) >= 11 is 0. The largest absolute Gasteiger partial charge is 0.435 e. The first-order valence-electron chi connectivity index (χ1n) is 4.77. The van der Waals surface area contributed by atoms with Gasteiger partial charge in [-0.2, -0.15) is 65.9 Å². The van der Waals surface area contributed by atoms with Crippen molar-refractivity contribution in [2.75, 3.05) is 0 Å². The molecule has 0 N–H and O–H groups in total. The minimum Gasteiger partial charge on any atom is -0.218 e. The minimum atomic E-state index is -7.97. The summed E-state index contributed by atoms with van der Waals surface area (Å²) in [6.07, 6.45) is -38.2. The Morgan fingerprint density at radius 3 is 0.667 bits per heavy atom. The number of allylic oxidation sites excluding steroid dienone is 2. The third kappa shape index (κ3) is 3.99. The Morgan fingerprint density at radius 1 is 0.333 bits per heavy atom. The normalized spacial score (nSPS) is 15.5. The quantitative estimate of drug-likeness (QED) is 0.386. The number of hydrogen-bond donors (Lipinski definition) is 0. The second-order valence-corrected chi connectivity index (χ2v) is 3.90. The zero-order valence-electron chi connectivity index (χ0n) is 10.0. The van der Waals surface area contributed by atoms with Gasteiger partial charge in [-0.25, -0.2) is 4.39 Å². The number of hydrogen-bond acceptors (Lipinski definition) is 0. The number of alkyl halides is 16. The van der Waals surface area contributed by atoms with Crippen LogP contribution in [0.3, 0.4) is 0 Å². The summed E-state index contributed by atoms with van der Waals surface area (Å²) in [7, 11) is 0. The monoisotopic (exact) mass is 400 g/mol. The first-order chi connectivity index (χ1) is 9.99. The Hall–Kier alpha value is -1.38. The molecular formula is C8F16. The molecule has 0 spiro atoms. The molecule has 144 valence electrons. The van der Waals surface area contributed by atoms with Crippen LogP contribution in [0, 0.1) is 0 Å². The molecule has 0 aliphatic rings. The molecule has 0 aromatic carbocycles.